The van der Waals surface area contributed by atoms with Crippen molar-refractivity contribution in [3.05, 3.63) is 29.8 Å². The largest absolute Gasteiger partial charge is 0.451 e. The molecule has 3 aromatic rings. The first-order valence-corrected chi connectivity index (χ1v) is 11.9. The summed E-state index contributed by atoms with van der Waals surface area (Å²) in [5.74, 6) is -3.16. The highest BCUT2D eigenvalue weighted by Gasteiger charge is 2.41. The number of aromatic nitrogens is 5. The number of benzene rings is 1. The number of sulfone groups is 1. The molecular weight excluding hydrogens is 487 g/mol. The molecule has 1 fully saturated rings. The quantitative estimate of drug-likeness (QED) is 0.471. The van der Waals surface area contributed by atoms with Crippen molar-refractivity contribution in [2.24, 2.45) is 0 Å². The SMILES string of the molecule is C[C@H](Oc1nc(N2CCC(F)(F)C2)c2nn(Cc3ccccc3S(C)(=O)=O)nc2n1)C(F)(F)F. The van der Waals surface area contributed by atoms with Crippen molar-refractivity contribution in [1.82, 2.24) is 25.0 Å². The molecule has 1 aromatic carbocycles. The van der Waals surface area contributed by atoms with Gasteiger partial charge in [0, 0.05) is 19.2 Å². The van der Waals surface area contributed by atoms with Crippen LogP contribution >= 0.6 is 0 Å². The number of nitrogens with zero attached hydrogens (tertiary/aromatic N) is 6. The third kappa shape index (κ3) is 5.03. The van der Waals surface area contributed by atoms with Crippen molar-refractivity contribution in [3.8, 4) is 6.01 Å². The molecule has 0 unspecified atom stereocenters. The van der Waals surface area contributed by atoms with Crippen molar-refractivity contribution >= 4 is 26.8 Å². The highest BCUT2D eigenvalue weighted by molar-refractivity contribution is 7.90. The van der Waals surface area contributed by atoms with Gasteiger partial charge in [-0.2, -0.15) is 27.9 Å². The summed E-state index contributed by atoms with van der Waals surface area (Å²) in [5, 5.41) is 8.33. The fraction of sp³-hybridized carbons (Fsp3) is 0.474. The Kier molecular flexibility index (Phi) is 5.86. The topological polar surface area (TPSA) is 103 Å². The molecule has 0 spiro atoms. The summed E-state index contributed by atoms with van der Waals surface area (Å²) >= 11 is 0. The Morgan fingerprint density at radius 1 is 1.18 bits per heavy atom. The van der Waals surface area contributed by atoms with Gasteiger partial charge in [0.1, 0.15) is 0 Å². The maximum absolute atomic E-state index is 13.8. The van der Waals surface area contributed by atoms with E-state index in [4.69, 9.17) is 4.74 Å². The van der Waals surface area contributed by atoms with Crippen molar-refractivity contribution in [1.29, 1.82) is 0 Å². The predicted molar refractivity (Wildman–Crippen MR) is 110 cm³/mol. The average molecular weight is 506 g/mol. The summed E-state index contributed by atoms with van der Waals surface area (Å²) in [6, 6.07) is 5.45. The van der Waals surface area contributed by atoms with Crippen LogP contribution in [0.15, 0.2) is 29.2 Å². The number of fused-ring (bicyclic) bond motifs is 1. The van der Waals surface area contributed by atoms with E-state index >= 15 is 0 Å². The number of anilines is 1. The minimum Gasteiger partial charge on any atom is -0.451 e. The van der Waals surface area contributed by atoms with E-state index in [2.05, 4.69) is 20.2 Å². The first kappa shape index (κ1) is 24.0. The van der Waals surface area contributed by atoms with Crippen molar-refractivity contribution in [2.45, 2.75) is 43.0 Å². The van der Waals surface area contributed by atoms with Crippen LogP contribution in [0.25, 0.3) is 11.2 Å². The Labute approximate surface area is 190 Å². The van der Waals surface area contributed by atoms with E-state index < -0.39 is 47.0 Å². The van der Waals surface area contributed by atoms with Crippen LogP contribution in [-0.2, 0) is 16.4 Å². The summed E-state index contributed by atoms with van der Waals surface area (Å²) in [4.78, 5) is 10.1. The van der Waals surface area contributed by atoms with Gasteiger partial charge in [-0.3, -0.25) is 0 Å². The molecular formula is C19H19F5N6O3S. The number of ether oxygens (including phenoxy) is 1. The van der Waals surface area contributed by atoms with Crippen LogP contribution in [0, 0.1) is 0 Å². The van der Waals surface area contributed by atoms with Gasteiger partial charge in [0.05, 0.1) is 18.0 Å². The van der Waals surface area contributed by atoms with Crippen molar-refractivity contribution < 1.29 is 35.1 Å². The molecule has 0 bridgehead atoms. The van der Waals surface area contributed by atoms with E-state index in [0.29, 0.717) is 5.56 Å². The zero-order valence-corrected chi connectivity index (χ0v) is 18.7. The van der Waals surface area contributed by atoms with E-state index in [0.717, 1.165) is 18.0 Å². The highest BCUT2D eigenvalue weighted by atomic mass is 32.2. The monoisotopic (exact) mass is 506 g/mol. The number of hydrogen-bond donors (Lipinski definition) is 0. The lowest BCUT2D eigenvalue weighted by Gasteiger charge is -2.19. The fourth-order valence-corrected chi connectivity index (χ4v) is 4.39. The Balaban J connectivity index is 1.77. The standard InChI is InChI=1S/C19H19F5N6O3S/c1-11(19(22,23)24)33-17-25-15-14(16(26-17)29-8-7-18(20,21)10-29)27-30(28-15)9-12-5-3-4-6-13(12)34(2,31)32/h3-6,11H,7-10H2,1-2H3/t11-/m0/s1. The second-order valence-corrected chi connectivity index (χ2v) is 9.93. The van der Waals surface area contributed by atoms with Crippen LogP contribution in [0.2, 0.25) is 0 Å². The van der Waals surface area contributed by atoms with Crippen LogP contribution in [0.1, 0.15) is 18.9 Å². The predicted octanol–water partition coefficient (Wildman–Crippen LogP) is 2.85. The van der Waals surface area contributed by atoms with E-state index in [1.165, 1.54) is 11.0 Å². The molecule has 4 rings (SSSR count). The third-order valence-electron chi connectivity index (χ3n) is 5.15. The van der Waals surface area contributed by atoms with Crippen LogP contribution in [0.4, 0.5) is 27.8 Å². The van der Waals surface area contributed by atoms with Gasteiger partial charge >= 0.3 is 12.2 Å². The molecule has 15 heteroatoms. The van der Waals surface area contributed by atoms with Gasteiger partial charge in [0.2, 0.25) is 5.65 Å². The molecule has 3 heterocycles. The smallest absolute Gasteiger partial charge is 0.425 e. The minimum atomic E-state index is -4.70. The molecule has 1 aliphatic heterocycles. The molecule has 0 aliphatic carbocycles. The first-order valence-electron chi connectivity index (χ1n) is 10.00. The van der Waals surface area contributed by atoms with Crippen LogP contribution in [-0.4, -0.2) is 70.9 Å². The molecule has 1 atom stereocenters. The zero-order chi connectivity index (χ0) is 24.9. The van der Waals surface area contributed by atoms with Crippen molar-refractivity contribution in [2.75, 3.05) is 24.2 Å². The Morgan fingerprint density at radius 3 is 2.50 bits per heavy atom. The van der Waals surface area contributed by atoms with Gasteiger partial charge in [-0.1, -0.05) is 18.2 Å². The first-order chi connectivity index (χ1) is 15.7. The third-order valence-corrected chi connectivity index (χ3v) is 6.35. The Hall–Kier alpha value is -3.10. The summed E-state index contributed by atoms with van der Waals surface area (Å²) in [5.41, 5.74) is 0.151. The molecule has 0 saturated carbocycles. The molecule has 2 aromatic heterocycles. The fourth-order valence-electron chi connectivity index (χ4n) is 3.45. The van der Waals surface area contributed by atoms with Gasteiger partial charge in [0.15, 0.2) is 27.3 Å². The molecule has 184 valence electrons. The van der Waals surface area contributed by atoms with E-state index in [1.54, 1.807) is 18.2 Å². The number of halogens is 5. The molecule has 34 heavy (non-hydrogen) atoms. The summed E-state index contributed by atoms with van der Waals surface area (Å²) in [6.07, 6.45) is -6.38. The van der Waals surface area contributed by atoms with Crippen LogP contribution < -0.4 is 9.64 Å². The highest BCUT2D eigenvalue weighted by Crippen LogP contribution is 2.34. The molecule has 0 amide bonds. The maximum atomic E-state index is 13.8. The minimum absolute atomic E-state index is 0.0263. The molecule has 9 nitrogen and oxygen atoms in total. The van der Waals surface area contributed by atoms with E-state index in [1.807, 2.05) is 0 Å². The number of rotatable bonds is 6. The summed E-state index contributed by atoms with van der Waals surface area (Å²) in [7, 11) is -3.57. The Morgan fingerprint density at radius 2 is 1.88 bits per heavy atom. The van der Waals surface area contributed by atoms with Crippen LogP contribution in [0.5, 0.6) is 6.01 Å². The van der Waals surface area contributed by atoms with Gasteiger partial charge in [-0.15, -0.1) is 10.2 Å². The van der Waals surface area contributed by atoms with E-state index in [-0.39, 0.29) is 35.0 Å². The average Bonchev–Trinajstić information content (AvgIpc) is 3.28. The van der Waals surface area contributed by atoms with E-state index in [9.17, 15) is 30.4 Å². The summed E-state index contributed by atoms with van der Waals surface area (Å²) < 4.78 is 95.5. The lowest BCUT2D eigenvalue weighted by atomic mass is 10.2. The normalized spacial score (nSPS) is 17.3. The van der Waals surface area contributed by atoms with Gasteiger partial charge < -0.3 is 9.64 Å². The second-order valence-electron chi connectivity index (χ2n) is 7.94. The second kappa shape index (κ2) is 8.29. The number of hydrogen-bond acceptors (Lipinski definition) is 8. The maximum Gasteiger partial charge on any atom is 0.425 e. The molecule has 1 aliphatic rings. The molecule has 0 radical (unpaired) electrons. The van der Waals surface area contributed by atoms with Crippen molar-refractivity contribution in [3.63, 3.8) is 0 Å². The zero-order valence-electron chi connectivity index (χ0n) is 17.9. The molecule has 1 saturated heterocycles. The number of alkyl halides is 5. The van der Waals surface area contributed by atoms with Crippen LogP contribution in [0.3, 0.4) is 0 Å². The molecule has 0 N–H and O–H groups in total. The van der Waals surface area contributed by atoms with Gasteiger partial charge in [0.25, 0.3) is 5.92 Å². The lowest BCUT2D eigenvalue weighted by molar-refractivity contribution is -0.190. The lowest BCUT2D eigenvalue weighted by Crippen LogP contribution is -2.32. The van der Waals surface area contributed by atoms with Gasteiger partial charge in [-0.25, -0.2) is 17.2 Å². The summed E-state index contributed by atoms with van der Waals surface area (Å²) in [6.45, 7) is -0.186. The Bertz CT molecular complexity index is 1330. The van der Waals surface area contributed by atoms with Gasteiger partial charge in [-0.05, 0) is 18.6 Å².